The van der Waals surface area contributed by atoms with Crippen molar-refractivity contribution in [2.75, 3.05) is 13.1 Å². The van der Waals surface area contributed by atoms with E-state index in [2.05, 4.69) is 10.3 Å². The minimum absolute atomic E-state index is 0. The van der Waals surface area contributed by atoms with Gasteiger partial charge in [0.15, 0.2) is 9.84 Å². The van der Waals surface area contributed by atoms with E-state index in [4.69, 9.17) is 4.74 Å². The Morgan fingerprint density at radius 1 is 0.892 bits per heavy atom. The number of piperidine rings is 1. The van der Waals surface area contributed by atoms with Gasteiger partial charge in [-0.2, -0.15) is 13.2 Å². The first-order chi connectivity index (χ1) is 17.2. The number of nitrogens with zero attached hydrogens (tertiary/aromatic N) is 1. The largest absolute Gasteiger partial charge is 0.457 e. The number of hydrogen-bond donors (Lipinski definition) is 1. The van der Waals surface area contributed by atoms with Crippen molar-refractivity contribution in [2.45, 2.75) is 36.6 Å². The number of ether oxygens (including phenoxy) is 1. The lowest BCUT2D eigenvalue weighted by Gasteiger charge is -2.22. The maximum atomic E-state index is 13.5. The van der Waals surface area contributed by atoms with Gasteiger partial charge in [0, 0.05) is 11.6 Å². The zero-order chi connectivity index (χ0) is 25.3. The highest BCUT2D eigenvalue weighted by atomic mass is 32.2. The third kappa shape index (κ3) is 5.47. The summed E-state index contributed by atoms with van der Waals surface area (Å²) in [6.45, 7) is 1.34. The van der Waals surface area contributed by atoms with Gasteiger partial charge in [-0.25, -0.2) is 8.42 Å². The van der Waals surface area contributed by atoms with Crippen molar-refractivity contribution in [2.24, 2.45) is 0 Å². The molecule has 194 valence electrons. The van der Waals surface area contributed by atoms with Gasteiger partial charge in [0.2, 0.25) is 0 Å². The molecule has 4 aromatic rings. The van der Waals surface area contributed by atoms with Crippen LogP contribution in [0.1, 0.15) is 25.8 Å². The van der Waals surface area contributed by atoms with Crippen LogP contribution in [-0.4, -0.2) is 31.7 Å². The van der Waals surface area contributed by atoms with Crippen molar-refractivity contribution in [3.63, 3.8) is 0 Å². The molecule has 0 amide bonds. The van der Waals surface area contributed by atoms with Gasteiger partial charge in [-0.05, 0) is 79.5 Å². The van der Waals surface area contributed by atoms with Crippen LogP contribution in [-0.2, 0) is 16.0 Å². The lowest BCUT2D eigenvalue weighted by molar-refractivity contribution is -0.136. The highest BCUT2D eigenvalue weighted by Gasteiger charge is 2.33. The van der Waals surface area contributed by atoms with E-state index in [9.17, 15) is 21.6 Å². The molecule has 0 spiro atoms. The molecule has 0 radical (unpaired) electrons. The Kier molecular flexibility index (Phi) is 7.57. The molecule has 9 heteroatoms. The molecule has 1 aromatic heterocycles. The van der Waals surface area contributed by atoms with Gasteiger partial charge in [0.25, 0.3) is 0 Å². The lowest BCUT2D eigenvalue weighted by atomic mass is 9.99. The van der Waals surface area contributed by atoms with Gasteiger partial charge in [-0.15, -0.1) is 0 Å². The molecule has 1 saturated heterocycles. The van der Waals surface area contributed by atoms with E-state index in [0.29, 0.717) is 53.9 Å². The van der Waals surface area contributed by atoms with Crippen molar-refractivity contribution < 1.29 is 26.3 Å². The molecular formula is C28H27F3N2O3S. The Morgan fingerprint density at radius 3 is 2.30 bits per heavy atom. The number of alkyl halides is 3. The van der Waals surface area contributed by atoms with Gasteiger partial charge in [0.1, 0.15) is 11.5 Å². The summed E-state index contributed by atoms with van der Waals surface area (Å²) >= 11 is 0. The predicted molar refractivity (Wildman–Crippen MR) is 139 cm³/mol. The summed E-state index contributed by atoms with van der Waals surface area (Å²) in [5, 5.41) is 3.12. The first-order valence-corrected chi connectivity index (χ1v) is 13.1. The highest BCUT2D eigenvalue weighted by Crippen LogP contribution is 2.38. The van der Waals surface area contributed by atoms with Crippen LogP contribution in [0.3, 0.4) is 0 Å². The summed E-state index contributed by atoms with van der Waals surface area (Å²) in [5.41, 5.74) is 0.321. The second-order valence-corrected chi connectivity index (χ2v) is 10.9. The SMILES string of the molecule is C.O=S(=O)(c1cccc(Oc2cccc(-c3ccnc4c(C(F)(F)F)cccc34)c2)c1)C1CCNCC1. The summed E-state index contributed by atoms with van der Waals surface area (Å²) < 4.78 is 72.6. The Hall–Kier alpha value is -3.43. The number of rotatable bonds is 5. The third-order valence-electron chi connectivity index (χ3n) is 6.32. The zero-order valence-corrected chi connectivity index (χ0v) is 19.9. The van der Waals surface area contributed by atoms with Crippen LogP contribution in [0.5, 0.6) is 11.5 Å². The Labute approximate surface area is 214 Å². The number of pyridine rings is 1. The summed E-state index contributed by atoms with van der Waals surface area (Å²) in [5.74, 6) is 0.793. The minimum atomic E-state index is -4.52. The molecule has 3 aromatic carbocycles. The fourth-order valence-corrected chi connectivity index (χ4v) is 6.32. The average Bonchev–Trinajstić information content (AvgIpc) is 2.88. The number of benzene rings is 3. The number of fused-ring (bicyclic) bond motifs is 1. The molecule has 0 unspecified atom stereocenters. The molecule has 2 heterocycles. The van der Waals surface area contributed by atoms with Crippen molar-refractivity contribution in [1.82, 2.24) is 10.3 Å². The van der Waals surface area contributed by atoms with E-state index in [1.165, 1.54) is 18.3 Å². The maximum absolute atomic E-state index is 13.5. The van der Waals surface area contributed by atoms with Gasteiger partial charge in [-0.1, -0.05) is 37.8 Å². The number of hydrogen-bond acceptors (Lipinski definition) is 5. The smallest absolute Gasteiger partial charge is 0.418 e. The predicted octanol–water partition coefficient (Wildman–Crippen LogP) is 6.87. The van der Waals surface area contributed by atoms with E-state index in [1.54, 1.807) is 54.6 Å². The summed E-state index contributed by atoms with van der Waals surface area (Å²) in [4.78, 5) is 4.19. The zero-order valence-electron chi connectivity index (χ0n) is 19.1. The number of aromatic nitrogens is 1. The van der Waals surface area contributed by atoms with Crippen LogP contribution in [0.25, 0.3) is 22.0 Å². The molecule has 1 aliphatic rings. The van der Waals surface area contributed by atoms with E-state index in [1.807, 2.05) is 0 Å². The van der Waals surface area contributed by atoms with Gasteiger partial charge in [0.05, 0.1) is 21.2 Å². The van der Waals surface area contributed by atoms with Crippen molar-refractivity contribution in [3.8, 4) is 22.6 Å². The molecule has 0 bridgehead atoms. The molecule has 1 fully saturated rings. The topological polar surface area (TPSA) is 68.3 Å². The fourth-order valence-electron chi connectivity index (χ4n) is 4.53. The summed E-state index contributed by atoms with van der Waals surface area (Å²) in [6.07, 6.45) is -2.04. The number of halogens is 3. The highest BCUT2D eigenvalue weighted by molar-refractivity contribution is 7.92. The molecule has 5 rings (SSSR count). The quantitative estimate of drug-likeness (QED) is 0.306. The van der Waals surface area contributed by atoms with E-state index in [0.717, 1.165) is 6.07 Å². The van der Waals surface area contributed by atoms with Crippen LogP contribution in [0.4, 0.5) is 13.2 Å². The fraction of sp³-hybridized carbons (Fsp3) is 0.250. The number of nitrogens with one attached hydrogen (secondary N) is 1. The van der Waals surface area contributed by atoms with E-state index in [-0.39, 0.29) is 17.8 Å². The first kappa shape index (κ1) is 26.6. The molecular weight excluding hydrogens is 501 g/mol. The molecule has 1 aliphatic heterocycles. The Morgan fingerprint density at radius 2 is 1.57 bits per heavy atom. The summed E-state index contributed by atoms with van der Waals surface area (Å²) in [7, 11) is -3.49. The second-order valence-electron chi connectivity index (χ2n) is 8.66. The molecule has 0 aliphatic carbocycles. The summed E-state index contributed by atoms with van der Waals surface area (Å²) in [6, 6.07) is 19.0. The van der Waals surface area contributed by atoms with Crippen LogP contribution in [0.2, 0.25) is 0 Å². The molecule has 5 nitrogen and oxygen atoms in total. The van der Waals surface area contributed by atoms with Gasteiger partial charge in [-0.3, -0.25) is 4.98 Å². The second kappa shape index (κ2) is 10.5. The molecule has 0 saturated carbocycles. The molecule has 1 N–H and O–H groups in total. The molecule has 0 atom stereocenters. The van der Waals surface area contributed by atoms with Gasteiger partial charge < -0.3 is 10.1 Å². The van der Waals surface area contributed by atoms with Crippen LogP contribution < -0.4 is 10.1 Å². The van der Waals surface area contributed by atoms with Crippen LogP contribution >= 0.6 is 0 Å². The normalized spacial score (nSPS) is 14.8. The Balaban J connectivity index is 0.00000320. The Bertz CT molecular complexity index is 1510. The van der Waals surface area contributed by atoms with Crippen LogP contribution in [0, 0.1) is 0 Å². The maximum Gasteiger partial charge on any atom is 0.418 e. The number of sulfone groups is 1. The average molecular weight is 529 g/mol. The van der Waals surface area contributed by atoms with Crippen molar-refractivity contribution >= 4 is 20.7 Å². The van der Waals surface area contributed by atoms with Crippen molar-refractivity contribution in [1.29, 1.82) is 0 Å². The standard InChI is InChI=1S/C27H23F3N2O3S.CH4/c28-27(29,30)25-9-3-8-24-23(12-15-32-26(24)25)18-4-1-5-19(16-18)35-20-6-2-7-22(17-20)36(33,34)21-10-13-31-14-11-21;/h1-9,12,15-17,21,31H,10-11,13-14H2;1H4. The minimum Gasteiger partial charge on any atom is -0.457 e. The van der Waals surface area contributed by atoms with E-state index >= 15 is 0 Å². The third-order valence-corrected chi connectivity index (χ3v) is 8.58. The first-order valence-electron chi connectivity index (χ1n) is 11.5. The van der Waals surface area contributed by atoms with Crippen LogP contribution in [0.15, 0.2) is 83.9 Å². The van der Waals surface area contributed by atoms with Crippen molar-refractivity contribution in [3.05, 3.63) is 84.6 Å². The van der Waals surface area contributed by atoms with E-state index < -0.39 is 26.8 Å². The monoisotopic (exact) mass is 528 g/mol. The lowest BCUT2D eigenvalue weighted by Crippen LogP contribution is -2.35. The number of para-hydroxylation sites is 1. The van der Waals surface area contributed by atoms with Gasteiger partial charge >= 0.3 is 6.18 Å². The molecule has 37 heavy (non-hydrogen) atoms.